The number of phenols is 1. The summed E-state index contributed by atoms with van der Waals surface area (Å²) in [6.07, 6.45) is -2.47. The van der Waals surface area contributed by atoms with Crippen molar-refractivity contribution >= 4 is 21.4 Å². The number of phenolic OH excluding ortho intramolecular Hbond substituents is 1. The molecular weight excluding hydrogens is 206 g/mol. The van der Waals surface area contributed by atoms with Crippen LogP contribution >= 0.6 is 11.3 Å². The number of hydrogen-bond donors (Lipinski definition) is 1. The van der Waals surface area contributed by atoms with Crippen LogP contribution in [0.4, 0.5) is 8.78 Å². The van der Waals surface area contributed by atoms with Gasteiger partial charge < -0.3 is 5.11 Å². The van der Waals surface area contributed by atoms with Crippen LogP contribution in [-0.4, -0.2) is 5.11 Å². The van der Waals surface area contributed by atoms with Crippen LogP contribution in [0, 0.1) is 6.92 Å². The molecule has 0 aliphatic carbocycles. The number of aryl methyl sites for hydroxylation is 1. The highest BCUT2D eigenvalue weighted by atomic mass is 32.1. The number of halogens is 2. The van der Waals surface area contributed by atoms with Gasteiger partial charge in [0, 0.05) is 0 Å². The van der Waals surface area contributed by atoms with E-state index in [2.05, 4.69) is 0 Å². The van der Waals surface area contributed by atoms with E-state index >= 15 is 0 Å². The molecule has 2 rings (SSSR count). The van der Waals surface area contributed by atoms with Crippen molar-refractivity contribution in [3.8, 4) is 5.75 Å². The lowest BCUT2D eigenvalue weighted by atomic mass is 10.1. The molecule has 2 aromatic rings. The number of fused-ring (bicyclic) bond motifs is 1. The monoisotopic (exact) mass is 214 g/mol. The van der Waals surface area contributed by atoms with Crippen LogP contribution in [0.15, 0.2) is 18.2 Å². The first kappa shape index (κ1) is 9.40. The molecule has 1 aromatic carbocycles. The molecule has 0 saturated carbocycles. The van der Waals surface area contributed by atoms with Crippen molar-refractivity contribution in [3.63, 3.8) is 0 Å². The highest BCUT2D eigenvalue weighted by molar-refractivity contribution is 7.19. The molecule has 1 heterocycles. The molecule has 0 atom stereocenters. The average Bonchev–Trinajstić information content (AvgIpc) is 2.46. The fourth-order valence-corrected chi connectivity index (χ4v) is 2.53. The topological polar surface area (TPSA) is 20.2 Å². The van der Waals surface area contributed by atoms with Crippen LogP contribution in [0.5, 0.6) is 5.75 Å². The van der Waals surface area contributed by atoms with Crippen LogP contribution in [0.25, 0.3) is 10.1 Å². The zero-order chi connectivity index (χ0) is 10.3. The van der Waals surface area contributed by atoms with E-state index in [1.807, 2.05) is 0 Å². The van der Waals surface area contributed by atoms with E-state index in [9.17, 15) is 13.9 Å². The van der Waals surface area contributed by atoms with Crippen LogP contribution in [0.1, 0.15) is 16.9 Å². The van der Waals surface area contributed by atoms with Gasteiger partial charge in [-0.1, -0.05) is 12.1 Å². The van der Waals surface area contributed by atoms with Gasteiger partial charge in [0.1, 0.15) is 5.75 Å². The molecule has 0 aliphatic rings. The highest BCUT2D eigenvalue weighted by Crippen LogP contribution is 2.40. The minimum Gasteiger partial charge on any atom is -0.506 e. The van der Waals surface area contributed by atoms with E-state index in [1.54, 1.807) is 19.1 Å². The van der Waals surface area contributed by atoms with Gasteiger partial charge in [0.2, 0.25) is 0 Å². The third-order valence-corrected chi connectivity index (χ3v) is 3.52. The Labute approximate surface area is 83.6 Å². The number of thiophene rings is 1. The minimum absolute atomic E-state index is 0.0431. The maximum Gasteiger partial charge on any atom is 0.273 e. The maximum atomic E-state index is 12.5. The summed E-state index contributed by atoms with van der Waals surface area (Å²) in [5, 5.41) is 10.2. The van der Waals surface area contributed by atoms with Crippen LogP contribution < -0.4 is 0 Å². The summed E-state index contributed by atoms with van der Waals surface area (Å²) < 4.78 is 25.6. The van der Waals surface area contributed by atoms with Gasteiger partial charge >= 0.3 is 0 Å². The van der Waals surface area contributed by atoms with Gasteiger partial charge in [-0.05, 0) is 23.9 Å². The standard InChI is InChI=1S/C10H8F2OS/c1-5-6-3-2-4-7(13)9(6)14-8(5)10(11)12/h2-4,10,13H,1H3. The van der Waals surface area contributed by atoms with Crippen molar-refractivity contribution in [2.45, 2.75) is 13.3 Å². The van der Waals surface area contributed by atoms with Crippen molar-refractivity contribution in [1.82, 2.24) is 0 Å². The van der Waals surface area contributed by atoms with Gasteiger partial charge in [-0.15, -0.1) is 11.3 Å². The summed E-state index contributed by atoms with van der Waals surface area (Å²) in [7, 11) is 0. The zero-order valence-corrected chi connectivity index (χ0v) is 8.24. The molecule has 0 amide bonds. The number of rotatable bonds is 1. The smallest absolute Gasteiger partial charge is 0.273 e. The lowest BCUT2D eigenvalue weighted by Gasteiger charge is -1.95. The maximum absolute atomic E-state index is 12.5. The Morgan fingerprint density at radius 3 is 2.64 bits per heavy atom. The number of aromatic hydroxyl groups is 1. The Morgan fingerprint density at radius 1 is 1.36 bits per heavy atom. The van der Waals surface area contributed by atoms with Gasteiger partial charge in [0.25, 0.3) is 6.43 Å². The summed E-state index contributed by atoms with van der Waals surface area (Å²) in [6.45, 7) is 1.65. The molecule has 4 heteroatoms. The average molecular weight is 214 g/mol. The zero-order valence-electron chi connectivity index (χ0n) is 7.42. The van der Waals surface area contributed by atoms with Crippen molar-refractivity contribution in [3.05, 3.63) is 28.6 Å². The van der Waals surface area contributed by atoms with Gasteiger partial charge in [0.15, 0.2) is 0 Å². The third kappa shape index (κ3) is 1.26. The van der Waals surface area contributed by atoms with Crippen LogP contribution in [0.2, 0.25) is 0 Å². The number of alkyl halides is 2. The first-order valence-corrected chi connectivity index (χ1v) is 4.92. The van der Waals surface area contributed by atoms with E-state index < -0.39 is 6.43 Å². The SMILES string of the molecule is Cc1c(C(F)F)sc2c(O)cccc12. The Bertz CT molecular complexity index is 476. The van der Waals surface area contributed by atoms with E-state index in [4.69, 9.17) is 0 Å². The third-order valence-electron chi connectivity index (χ3n) is 2.18. The molecule has 0 radical (unpaired) electrons. The lowest BCUT2D eigenvalue weighted by Crippen LogP contribution is -1.80. The Hall–Kier alpha value is -1.16. The predicted molar refractivity (Wildman–Crippen MR) is 53.2 cm³/mol. The van der Waals surface area contributed by atoms with E-state index in [0.29, 0.717) is 15.6 Å². The summed E-state index contributed by atoms with van der Waals surface area (Å²) in [4.78, 5) is 0.0431. The molecule has 1 aromatic heterocycles. The first-order valence-electron chi connectivity index (χ1n) is 4.10. The second-order valence-corrected chi connectivity index (χ2v) is 4.10. The van der Waals surface area contributed by atoms with Gasteiger partial charge in [-0.25, -0.2) is 8.78 Å². The normalized spacial score (nSPS) is 11.4. The fraction of sp³-hybridized carbons (Fsp3) is 0.200. The number of hydrogen-bond acceptors (Lipinski definition) is 2. The largest absolute Gasteiger partial charge is 0.506 e. The number of benzene rings is 1. The lowest BCUT2D eigenvalue weighted by molar-refractivity contribution is 0.155. The summed E-state index contributed by atoms with van der Waals surface area (Å²) in [5.74, 6) is 0.0718. The molecule has 0 bridgehead atoms. The summed E-state index contributed by atoms with van der Waals surface area (Å²) in [6, 6.07) is 4.91. The van der Waals surface area contributed by atoms with Crippen molar-refractivity contribution in [2.24, 2.45) is 0 Å². The summed E-state index contributed by atoms with van der Waals surface area (Å²) in [5.41, 5.74) is 0.566. The molecular formula is C10H8F2OS. The Balaban J connectivity index is 2.80. The second kappa shape index (κ2) is 3.20. The predicted octanol–water partition coefficient (Wildman–Crippen LogP) is 3.85. The van der Waals surface area contributed by atoms with Crippen molar-refractivity contribution < 1.29 is 13.9 Å². The van der Waals surface area contributed by atoms with Crippen molar-refractivity contribution in [1.29, 1.82) is 0 Å². The molecule has 74 valence electrons. The minimum atomic E-state index is -2.47. The summed E-state index contributed by atoms with van der Waals surface area (Å²) >= 11 is 0.959. The molecule has 14 heavy (non-hydrogen) atoms. The van der Waals surface area contributed by atoms with E-state index in [1.165, 1.54) is 6.07 Å². The molecule has 0 fully saturated rings. The first-order chi connectivity index (χ1) is 6.61. The highest BCUT2D eigenvalue weighted by Gasteiger charge is 2.17. The Kier molecular flexibility index (Phi) is 2.15. The molecule has 0 unspecified atom stereocenters. The Morgan fingerprint density at radius 2 is 2.07 bits per heavy atom. The van der Waals surface area contributed by atoms with Gasteiger partial charge in [-0.3, -0.25) is 0 Å². The van der Waals surface area contributed by atoms with Crippen molar-refractivity contribution in [2.75, 3.05) is 0 Å². The molecule has 0 aliphatic heterocycles. The molecule has 1 N–H and O–H groups in total. The van der Waals surface area contributed by atoms with E-state index in [0.717, 1.165) is 11.3 Å². The fourth-order valence-electron chi connectivity index (χ4n) is 1.45. The van der Waals surface area contributed by atoms with Gasteiger partial charge in [0.05, 0.1) is 9.58 Å². The van der Waals surface area contributed by atoms with Crippen LogP contribution in [-0.2, 0) is 0 Å². The molecule has 0 saturated heterocycles. The van der Waals surface area contributed by atoms with E-state index in [-0.39, 0.29) is 10.6 Å². The van der Waals surface area contributed by atoms with Crippen LogP contribution in [0.3, 0.4) is 0 Å². The molecule has 0 spiro atoms. The molecule has 1 nitrogen and oxygen atoms in total. The van der Waals surface area contributed by atoms with Gasteiger partial charge in [-0.2, -0.15) is 0 Å². The second-order valence-electron chi connectivity index (χ2n) is 3.05. The quantitative estimate of drug-likeness (QED) is 0.764.